The van der Waals surface area contributed by atoms with E-state index in [1.165, 1.54) is 6.07 Å². The quantitative estimate of drug-likeness (QED) is 0.724. The van der Waals surface area contributed by atoms with Crippen LogP contribution in [0.25, 0.3) is 0 Å². The third-order valence-corrected chi connectivity index (χ3v) is 3.69. The zero-order valence-corrected chi connectivity index (χ0v) is 10.5. The van der Waals surface area contributed by atoms with Gasteiger partial charge >= 0.3 is 0 Å². The zero-order chi connectivity index (χ0) is 12.3. The molecule has 1 aliphatic carbocycles. The molecule has 0 aromatic heterocycles. The van der Waals surface area contributed by atoms with Gasteiger partial charge in [0, 0.05) is 12.3 Å². The van der Waals surface area contributed by atoms with Crippen LogP contribution in [0, 0.1) is 11.7 Å². The number of hydrogen-bond donors (Lipinski definition) is 0. The van der Waals surface area contributed by atoms with Crippen LogP contribution in [0.4, 0.5) is 4.39 Å². The second-order valence-electron chi connectivity index (χ2n) is 4.72. The minimum absolute atomic E-state index is 0.0963. The van der Waals surface area contributed by atoms with Crippen molar-refractivity contribution in [3.63, 3.8) is 0 Å². The Labute approximate surface area is 106 Å². The Bertz CT molecular complexity index is 417. The molecular formula is C14H16ClFO. The van der Waals surface area contributed by atoms with Crippen LogP contribution in [0.15, 0.2) is 18.2 Å². The predicted octanol–water partition coefficient (Wildman–Crippen LogP) is 4.17. The first-order valence-corrected chi connectivity index (χ1v) is 6.51. The van der Waals surface area contributed by atoms with Crippen molar-refractivity contribution in [2.24, 2.45) is 5.92 Å². The molecule has 3 heteroatoms. The van der Waals surface area contributed by atoms with E-state index in [0.29, 0.717) is 18.6 Å². The monoisotopic (exact) mass is 254 g/mol. The van der Waals surface area contributed by atoms with Crippen molar-refractivity contribution in [1.82, 2.24) is 0 Å². The van der Waals surface area contributed by atoms with Crippen LogP contribution in [0.2, 0.25) is 5.02 Å². The summed E-state index contributed by atoms with van der Waals surface area (Å²) in [6, 6.07) is 4.73. The number of Topliss-reactive ketones (excluding diaryl/α,β-unsaturated/α-hetero) is 1. The van der Waals surface area contributed by atoms with E-state index in [9.17, 15) is 9.18 Å². The molecule has 0 radical (unpaired) electrons. The molecule has 0 spiro atoms. The fraction of sp³-hybridized carbons (Fsp3) is 0.500. The smallest absolute Gasteiger partial charge is 0.141 e. The van der Waals surface area contributed by atoms with Crippen molar-refractivity contribution in [1.29, 1.82) is 0 Å². The molecule has 0 N–H and O–H groups in total. The van der Waals surface area contributed by atoms with Gasteiger partial charge in [-0.3, -0.25) is 4.79 Å². The summed E-state index contributed by atoms with van der Waals surface area (Å²) in [7, 11) is 0. The molecule has 0 amide bonds. The van der Waals surface area contributed by atoms with Gasteiger partial charge in [-0.25, -0.2) is 4.39 Å². The number of rotatable bonds is 2. The van der Waals surface area contributed by atoms with E-state index >= 15 is 0 Å². The lowest BCUT2D eigenvalue weighted by molar-refractivity contribution is -0.122. The molecule has 1 aliphatic rings. The Morgan fingerprint density at radius 1 is 1.29 bits per heavy atom. The average Bonchev–Trinajstić information content (AvgIpc) is 2.50. The molecular weight excluding hydrogens is 239 g/mol. The fourth-order valence-electron chi connectivity index (χ4n) is 2.40. The van der Waals surface area contributed by atoms with E-state index in [1.54, 1.807) is 12.1 Å². The highest BCUT2D eigenvalue weighted by molar-refractivity contribution is 6.30. The lowest BCUT2D eigenvalue weighted by Crippen LogP contribution is -2.15. The minimum Gasteiger partial charge on any atom is -0.299 e. The summed E-state index contributed by atoms with van der Waals surface area (Å²) in [5, 5.41) is 0.142. The van der Waals surface area contributed by atoms with Crippen LogP contribution in [-0.2, 0) is 11.2 Å². The number of hydrogen-bond acceptors (Lipinski definition) is 1. The lowest BCUT2D eigenvalue weighted by atomic mass is 9.91. The standard InChI is InChI=1S/C14H16ClFO/c15-12-9-10(6-7-13(12)16)8-11-4-2-1-3-5-14(11)17/h6-7,9,11H,1-5,8H2. The normalized spacial score (nSPS) is 21.3. The van der Waals surface area contributed by atoms with Crippen LogP contribution in [0.1, 0.15) is 37.7 Å². The Kier molecular flexibility index (Phi) is 4.16. The molecule has 1 fully saturated rings. The van der Waals surface area contributed by atoms with Crippen LogP contribution >= 0.6 is 11.6 Å². The molecule has 1 aromatic rings. The van der Waals surface area contributed by atoms with Gasteiger partial charge in [0.2, 0.25) is 0 Å². The van der Waals surface area contributed by atoms with Gasteiger partial charge in [0.15, 0.2) is 0 Å². The molecule has 1 aromatic carbocycles. The summed E-state index contributed by atoms with van der Waals surface area (Å²) in [6.07, 6.45) is 5.61. The highest BCUT2D eigenvalue weighted by Crippen LogP contribution is 2.25. The molecule has 92 valence electrons. The maximum absolute atomic E-state index is 13.0. The lowest BCUT2D eigenvalue weighted by Gasteiger charge is -2.13. The maximum atomic E-state index is 13.0. The van der Waals surface area contributed by atoms with E-state index in [0.717, 1.165) is 31.2 Å². The Balaban J connectivity index is 2.08. The molecule has 1 saturated carbocycles. The highest BCUT2D eigenvalue weighted by Gasteiger charge is 2.21. The van der Waals surface area contributed by atoms with Crippen LogP contribution in [0.3, 0.4) is 0 Å². The molecule has 0 aliphatic heterocycles. The number of halogens is 2. The van der Waals surface area contributed by atoms with E-state index in [4.69, 9.17) is 11.6 Å². The summed E-state index contributed by atoms with van der Waals surface area (Å²) in [6.45, 7) is 0. The van der Waals surface area contributed by atoms with Gasteiger partial charge in [-0.05, 0) is 37.0 Å². The van der Waals surface area contributed by atoms with Gasteiger partial charge in [-0.1, -0.05) is 30.5 Å². The second-order valence-corrected chi connectivity index (χ2v) is 5.12. The van der Waals surface area contributed by atoms with Gasteiger partial charge in [0.1, 0.15) is 11.6 Å². The van der Waals surface area contributed by atoms with Crippen molar-refractivity contribution < 1.29 is 9.18 Å². The Morgan fingerprint density at radius 3 is 2.88 bits per heavy atom. The summed E-state index contributed by atoms with van der Waals surface area (Å²) in [5.74, 6) is 0.0459. The number of ketones is 1. The maximum Gasteiger partial charge on any atom is 0.141 e. The van der Waals surface area contributed by atoms with E-state index in [2.05, 4.69) is 0 Å². The number of benzene rings is 1. The van der Waals surface area contributed by atoms with E-state index < -0.39 is 5.82 Å². The summed E-state index contributed by atoms with van der Waals surface area (Å²) >= 11 is 5.74. The molecule has 0 heterocycles. The second kappa shape index (κ2) is 5.63. The van der Waals surface area contributed by atoms with Crippen molar-refractivity contribution in [3.05, 3.63) is 34.6 Å². The Morgan fingerprint density at radius 2 is 2.12 bits per heavy atom. The fourth-order valence-corrected chi connectivity index (χ4v) is 2.60. The van der Waals surface area contributed by atoms with Crippen LogP contribution in [-0.4, -0.2) is 5.78 Å². The summed E-state index contributed by atoms with van der Waals surface area (Å²) in [5.41, 5.74) is 0.955. The first kappa shape index (κ1) is 12.6. The third kappa shape index (κ3) is 3.29. The summed E-state index contributed by atoms with van der Waals surface area (Å²) < 4.78 is 13.0. The van der Waals surface area contributed by atoms with Crippen molar-refractivity contribution in [3.8, 4) is 0 Å². The molecule has 1 nitrogen and oxygen atoms in total. The van der Waals surface area contributed by atoms with E-state index in [-0.39, 0.29) is 10.9 Å². The molecule has 2 rings (SSSR count). The van der Waals surface area contributed by atoms with Crippen LogP contribution < -0.4 is 0 Å². The summed E-state index contributed by atoms with van der Waals surface area (Å²) in [4.78, 5) is 11.9. The average molecular weight is 255 g/mol. The molecule has 17 heavy (non-hydrogen) atoms. The highest BCUT2D eigenvalue weighted by atomic mass is 35.5. The third-order valence-electron chi connectivity index (χ3n) is 3.40. The van der Waals surface area contributed by atoms with Crippen molar-refractivity contribution >= 4 is 17.4 Å². The number of carbonyl (C=O) groups is 1. The first-order chi connectivity index (χ1) is 8.16. The van der Waals surface area contributed by atoms with Gasteiger partial charge in [0.25, 0.3) is 0 Å². The van der Waals surface area contributed by atoms with Gasteiger partial charge in [-0.2, -0.15) is 0 Å². The molecule has 1 atom stereocenters. The van der Waals surface area contributed by atoms with Gasteiger partial charge in [-0.15, -0.1) is 0 Å². The molecule has 0 bridgehead atoms. The van der Waals surface area contributed by atoms with Crippen molar-refractivity contribution in [2.45, 2.75) is 38.5 Å². The van der Waals surface area contributed by atoms with Crippen molar-refractivity contribution in [2.75, 3.05) is 0 Å². The predicted molar refractivity (Wildman–Crippen MR) is 66.7 cm³/mol. The Hall–Kier alpha value is -0.890. The largest absolute Gasteiger partial charge is 0.299 e. The minimum atomic E-state index is -0.400. The van der Waals surface area contributed by atoms with E-state index in [1.807, 2.05) is 0 Å². The van der Waals surface area contributed by atoms with Crippen LogP contribution in [0.5, 0.6) is 0 Å². The topological polar surface area (TPSA) is 17.1 Å². The zero-order valence-electron chi connectivity index (χ0n) is 9.72. The molecule has 0 saturated heterocycles. The van der Waals surface area contributed by atoms with Gasteiger partial charge in [0.05, 0.1) is 5.02 Å². The SMILES string of the molecule is O=C1CCCCCC1Cc1ccc(F)c(Cl)c1. The van der Waals surface area contributed by atoms with Gasteiger partial charge < -0.3 is 0 Å². The first-order valence-electron chi connectivity index (χ1n) is 6.13. The molecule has 1 unspecified atom stereocenters. The number of carbonyl (C=O) groups excluding carboxylic acids is 1.